The maximum absolute atomic E-state index is 5.79. The van der Waals surface area contributed by atoms with Gasteiger partial charge < -0.3 is 10.3 Å². The summed E-state index contributed by atoms with van der Waals surface area (Å²) in [7, 11) is 0. The van der Waals surface area contributed by atoms with Gasteiger partial charge in [-0.15, -0.1) is 0 Å². The monoisotopic (exact) mass is 349 g/mol. The minimum Gasteiger partial charge on any atom is -0.366 e. The molecule has 5 nitrogen and oxygen atoms in total. The molecule has 2 N–H and O–H groups in total. The van der Waals surface area contributed by atoms with E-state index in [1.165, 1.54) is 5.56 Å². The van der Waals surface area contributed by atoms with Crippen LogP contribution in [-0.2, 0) is 13.0 Å². The molecule has 0 amide bonds. The minimum absolute atomic E-state index is 0.499. The van der Waals surface area contributed by atoms with E-state index >= 15 is 0 Å². The number of rotatable bonds is 5. The Hall–Kier alpha value is -2.92. The number of nitrogens with one attached hydrogen (secondary N) is 2. The average molecular weight is 350 g/mol. The van der Waals surface area contributed by atoms with Crippen molar-refractivity contribution in [3.8, 4) is 0 Å². The molecule has 0 fully saturated rings. The SMILES string of the molecule is Clc1ccc(CNc2ccc(Cc3c[nH]c4ncccc34)cn2)cn1. The third-order valence-electron chi connectivity index (χ3n) is 4.02. The second kappa shape index (κ2) is 6.91. The molecule has 0 aromatic carbocycles. The molecule has 0 bridgehead atoms. The fraction of sp³-hybridized carbons (Fsp3) is 0.105. The Morgan fingerprint density at radius 2 is 1.84 bits per heavy atom. The lowest BCUT2D eigenvalue weighted by Gasteiger charge is -2.07. The van der Waals surface area contributed by atoms with Gasteiger partial charge in [0.05, 0.1) is 0 Å². The Morgan fingerprint density at radius 1 is 0.960 bits per heavy atom. The molecule has 0 unspecified atom stereocenters. The molecule has 0 atom stereocenters. The van der Waals surface area contributed by atoms with Gasteiger partial charge in [-0.25, -0.2) is 15.0 Å². The lowest BCUT2D eigenvalue weighted by atomic mass is 10.1. The number of aromatic nitrogens is 4. The molecular formula is C19H16ClN5. The van der Waals surface area contributed by atoms with Crippen LogP contribution in [0.25, 0.3) is 11.0 Å². The number of H-pyrrole nitrogens is 1. The van der Waals surface area contributed by atoms with Crippen molar-refractivity contribution in [3.63, 3.8) is 0 Å². The Morgan fingerprint density at radius 3 is 2.64 bits per heavy atom. The first-order valence-corrected chi connectivity index (χ1v) is 8.36. The summed E-state index contributed by atoms with van der Waals surface area (Å²) in [6.07, 6.45) is 8.28. The van der Waals surface area contributed by atoms with Crippen LogP contribution in [-0.4, -0.2) is 19.9 Å². The van der Waals surface area contributed by atoms with Crippen LogP contribution in [0.15, 0.2) is 61.2 Å². The van der Waals surface area contributed by atoms with E-state index in [1.54, 1.807) is 18.5 Å². The molecule has 25 heavy (non-hydrogen) atoms. The van der Waals surface area contributed by atoms with Gasteiger partial charge in [-0.1, -0.05) is 23.7 Å². The zero-order valence-electron chi connectivity index (χ0n) is 13.4. The highest BCUT2D eigenvalue weighted by atomic mass is 35.5. The summed E-state index contributed by atoms with van der Waals surface area (Å²) in [4.78, 5) is 16.1. The fourth-order valence-electron chi connectivity index (χ4n) is 2.72. The Kier molecular flexibility index (Phi) is 4.31. The normalized spacial score (nSPS) is 10.9. The molecule has 0 spiro atoms. The summed E-state index contributed by atoms with van der Waals surface area (Å²) in [6.45, 7) is 0.657. The van der Waals surface area contributed by atoms with Crippen molar-refractivity contribution in [1.82, 2.24) is 19.9 Å². The first-order valence-electron chi connectivity index (χ1n) is 7.98. The van der Waals surface area contributed by atoms with Crippen molar-refractivity contribution in [2.45, 2.75) is 13.0 Å². The van der Waals surface area contributed by atoms with Crippen molar-refractivity contribution < 1.29 is 0 Å². The molecule has 0 saturated heterocycles. The lowest BCUT2D eigenvalue weighted by molar-refractivity contribution is 1.07. The average Bonchev–Trinajstić information content (AvgIpc) is 3.06. The summed E-state index contributed by atoms with van der Waals surface area (Å²) in [5, 5.41) is 4.94. The topological polar surface area (TPSA) is 66.5 Å². The zero-order chi connectivity index (χ0) is 17.1. The van der Waals surface area contributed by atoms with E-state index in [2.05, 4.69) is 37.4 Å². The largest absolute Gasteiger partial charge is 0.366 e. The quantitative estimate of drug-likeness (QED) is 0.530. The van der Waals surface area contributed by atoms with Gasteiger partial charge in [-0.3, -0.25) is 0 Å². The van der Waals surface area contributed by atoms with Crippen LogP contribution in [0.1, 0.15) is 16.7 Å². The van der Waals surface area contributed by atoms with Crippen molar-refractivity contribution in [3.05, 3.63) is 83.0 Å². The van der Waals surface area contributed by atoms with E-state index in [1.807, 2.05) is 30.6 Å². The van der Waals surface area contributed by atoms with Gasteiger partial charge in [0.15, 0.2) is 0 Å². The van der Waals surface area contributed by atoms with Crippen molar-refractivity contribution in [2.75, 3.05) is 5.32 Å². The smallest absolute Gasteiger partial charge is 0.137 e. The molecule has 4 aromatic rings. The standard InChI is InChI=1S/C19H16ClN5/c20-17-5-3-14(10-22-17)11-24-18-6-4-13(9-23-18)8-15-12-25-19-16(15)2-1-7-21-19/h1-7,9-10,12H,8,11H2,(H,21,25)(H,23,24). The molecule has 0 saturated carbocycles. The first-order chi connectivity index (χ1) is 12.3. The third kappa shape index (κ3) is 3.61. The number of anilines is 1. The van der Waals surface area contributed by atoms with Gasteiger partial charge in [0, 0.05) is 43.1 Å². The molecule has 4 aromatic heterocycles. The van der Waals surface area contributed by atoms with Crippen LogP contribution in [0.2, 0.25) is 5.15 Å². The van der Waals surface area contributed by atoms with Gasteiger partial charge in [0.25, 0.3) is 0 Å². The second-order valence-corrected chi connectivity index (χ2v) is 6.17. The predicted molar refractivity (Wildman–Crippen MR) is 99.7 cm³/mol. The van der Waals surface area contributed by atoms with Crippen LogP contribution < -0.4 is 5.32 Å². The highest BCUT2D eigenvalue weighted by molar-refractivity contribution is 6.29. The Bertz CT molecular complexity index is 977. The van der Waals surface area contributed by atoms with E-state index in [0.717, 1.165) is 34.4 Å². The van der Waals surface area contributed by atoms with E-state index in [-0.39, 0.29) is 0 Å². The van der Waals surface area contributed by atoms with E-state index in [4.69, 9.17) is 11.6 Å². The molecule has 0 radical (unpaired) electrons. The number of halogens is 1. The highest BCUT2D eigenvalue weighted by Crippen LogP contribution is 2.19. The summed E-state index contributed by atoms with van der Waals surface area (Å²) < 4.78 is 0. The van der Waals surface area contributed by atoms with Crippen LogP contribution in [0.3, 0.4) is 0 Å². The predicted octanol–water partition coefficient (Wildman–Crippen LogP) is 4.21. The van der Waals surface area contributed by atoms with Crippen LogP contribution >= 0.6 is 11.6 Å². The van der Waals surface area contributed by atoms with E-state index in [0.29, 0.717) is 11.7 Å². The molecule has 124 valence electrons. The van der Waals surface area contributed by atoms with E-state index in [9.17, 15) is 0 Å². The van der Waals surface area contributed by atoms with Gasteiger partial charge in [0.2, 0.25) is 0 Å². The number of aromatic amines is 1. The van der Waals surface area contributed by atoms with Crippen molar-refractivity contribution >= 4 is 28.5 Å². The summed E-state index contributed by atoms with van der Waals surface area (Å²) >= 11 is 5.79. The summed E-state index contributed by atoms with van der Waals surface area (Å²) in [5.41, 5.74) is 4.35. The zero-order valence-corrected chi connectivity index (χ0v) is 14.2. The number of hydrogen-bond donors (Lipinski definition) is 2. The van der Waals surface area contributed by atoms with Gasteiger partial charge in [-0.05, 0) is 41.0 Å². The number of nitrogens with zero attached hydrogens (tertiary/aromatic N) is 3. The van der Waals surface area contributed by atoms with Crippen molar-refractivity contribution in [1.29, 1.82) is 0 Å². The number of fused-ring (bicyclic) bond motifs is 1. The molecule has 0 aliphatic rings. The number of hydrogen-bond acceptors (Lipinski definition) is 4. The van der Waals surface area contributed by atoms with Gasteiger partial charge >= 0.3 is 0 Å². The van der Waals surface area contributed by atoms with Gasteiger partial charge in [0.1, 0.15) is 16.6 Å². The molecular weight excluding hydrogens is 334 g/mol. The third-order valence-corrected chi connectivity index (χ3v) is 4.24. The molecule has 6 heteroatoms. The molecule has 0 aliphatic carbocycles. The van der Waals surface area contributed by atoms with Crippen LogP contribution in [0, 0.1) is 0 Å². The summed E-state index contributed by atoms with van der Waals surface area (Å²) in [5.74, 6) is 0.833. The highest BCUT2D eigenvalue weighted by Gasteiger charge is 2.05. The lowest BCUT2D eigenvalue weighted by Crippen LogP contribution is -2.02. The van der Waals surface area contributed by atoms with Crippen molar-refractivity contribution in [2.24, 2.45) is 0 Å². The Balaban J connectivity index is 1.42. The first kappa shape index (κ1) is 15.6. The maximum atomic E-state index is 5.79. The number of pyridine rings is 3. The maximum Gasteiger partial charge on any atom is 0.137 e. The second-order valence-electron chi connectivity index (χ2n) is 5.78. The van der Waals surface area contributed by atoms with E-state index < -0.39 is 0 Å². The Labute approximate surface area is 150 Å². The summed E-state index contributed by atoms with van der Waals surface area (Å²) in [6, 6.07) is 11.8. The molecule has 4 rings (SSSR count). The fourth-order valence-corrected chi connectivity index (χ4v) is 2.83. The van der Waals surface area contributed by atoms with Gasteiger partial charge in [-0.2, -0.15) is 0 Å². The van der Waals surface area contributed by atoms with Crippen LogP contribution in [0.5, 0.6) is 0 Å². The van der Waals surface area contributed by atoms with Crippen LogP contribution in [0.4, 0.5) is 5.82 Å². The molecule has 4 heterocycles. The molecule has 0 aliphatic heterocycles. The minimum atomic E-state index is 0.499.